The summed E-state index contributed by atoms with van der Waals surface area (Å²) in [6.45, 7) is 0. The van der Waals surface area contributed by atoms with Crippen LogP contribution in [0, 0.1) is 0 Å². The first-order chi connectivity index (χ1) is 26.7. The van der Waals surface area contributed by atoms with Gasteiger partial charge in [0.25, 0.3) is 0 Å². The number of benzene rings is 8. The first kappa shape index (κ1) is 30.3. The van der Waals surface area contributed by atoms with E-state index < -0.39 is 0 Å². The summed E-state index contributed by atoms with van der Waals surface area (Å²) in [5.74, 6) is 1.78. The van der Waals surface area contributed by atoms with Crippen molar-refractivity contribution in [2.24, 2.45) is 0 Å². The lowest BCUT2D eigenvalue weighted by Gasteiger charge is -2.11. The average molecular weight is 692 g/mol. The summed E-state index contributed by atoms with van der Waals surface area (Å²) < 4.78 is 13.3. The highest BCUT2D eigenvalue weighted by molar-refractivity contribution is 6.21. The fourth-order valence-corrected chi connectivity index (χ4v) is 7.75. The maximum Gasteiger partial charge on any atom is 0.164 e. The number of rotatable bonds is 5. The van der Waals surface area contributed by atoms with Crippen LogP contribution in [0.1, 0.15) is 0 Å². The number of hydrogen-bond acceptors (Lipinski definition) is 5. The van der Waals surface area contributed by atoms with E-state index in [9.17, 15) is 0 Å². The van der Waals surface area contributed by atoms with Crippen LogP contribution in [0.2, 0.25) is 0 Å². The number of furan rings is 2. The van der Waals surface area contributed by atoms with Crippen molar-refractivity contribution in [3.8, 4) is 56.4 Å². The molecule has 5 heteroatoms. The first-order valence-corrected chi connectivity index (χ1v) is 18.0. The van der Waals surface area contributed by atoms with Crippen LogP contribution in [0.3, 0.4) is 0 Å². The third kappa shape index (κ3) is 4.90. The molecule has 0 fully saturated rings. The summed E-state index contributed by atoms with van der Waals surface area (Å²) >= 11 is 0. The molecule has 0 aliphatic heterocycles. The Kier molecular flexibility index (Phi) is 6.79. The molecule has 0 radical (unpaired) electrons. The van der Waals surface area contributed by atoms with Gasteiger partial charge in [0.1, 0.15) is 22.3 Å². The quantitative estimate of drug-likeness (QED) is 0.180. The molecule has 0 N–H and O–H groups in total. The van der Waals surface area contributed by atoms with Gasteiger partial charge < -0.3 is 8.83 Å². The van der Waals surface area contributed by atoms with Crippen molar-refractivity contribution in [2.45, 2.75) is 0 Å². The molecule has 11 aromatic rings. The molecule has 0 saturated carbocycles. The standard InChI is InChI=1S/C49H29N3O2/c1-3-12-30(13-4-1)31-22-24-33(25-23-31)48-50-47(32-14-5-2-6-15-32)51-49(52-48)39-27-26-37(46-45(39)38-18-9-10-20-41(38)54-46)36-19-11-21-42-44(36)40-28-34-16-7-8-17-35(34)29-43(40)53-42/h1-29H. The molecule has 5 nitrogen and oxygen atoms in total. The summed E-state index contributed by atoms with van der Waals surface area (Å²) in [5.41, 5.74) is 10.3. The number of para-hydroxylation sites is 1. The van der Waals surface area contributed by atoms with Gasteiger partial charge >= 0.3 is 0 Å². The smallest absolute Gasteiger partial charge is 0.164 e. The van der Waals surface area contributed by atoms with Gasteiger partial charge in [-0.1, -0.05) is 140 Å². The lowest BCUT2D eigenvalue weighted by atomic mass is 9.94. The Balaban J connectivity index is 1.14. The molecule has 3 aromatic heterocycles. The van der Waals surface area contributed by atoms with Crippen LogP contribution in [-0.4, -0.2) is 15.0 Å². The molecular formula is C49H29N3O2. The normalized spacial score (nSPS) is 11.7. The van der Waals surface area contributed by atoms with Crippen LogP contribution in [0.5, 0.6) is 0 Å². The van der Waals surface area contributed by atoms with E-state index in [1.165, 1.54) is 5.39 Å². The summed E-state index contributed by atoms with van der Waals surface area (Å²) in [5, 5.41) is 6.39. The molecule has 0 spiro atoms. The zero-order valence-electron chi connectivity index (χ0n) is 28.9. The largest absolute Gasteiger partial charge is 0.456 e. The molecule has 0 unspecified atom stereocenters. The molecule has 252 valence electrons. The van der Waals surface area contributed by atoms with Crippen molar-refractivity contribution < 1.29 is 8.83 Å². The minimum Gasteiger partial charge on any atom is -0.456 e. The number of aromatic nitrogens is 3. The number of fused-ring (bicyclic) bond motifs is 7. The van der Waals surface area contributed by atoms with Crippen molar-refractivity contribution in [2.75, 3.05) is 0 Å². The van der Waals surface area contributed by atoms with Gasteiger partial charge in [-0.25, -0.2) is 15.0 Å². The summed E-state index contributed by atoms with van der Waals surface area (Å²) in [7, 11) is 0. The maximum absolute atomic E-state index is 6.79. The molecule has 0 aliphatic carbocycles. The van der Waals surface area contributed by atoms with Crippen LogP contribution in [0.4, 0.5) is 0 Å². The van der Waals surface area contributed by atoms with E-state index in [4.69, 9.17) is 23.8 Å². The summed E-state index contributed by atoms with van der Waals surface area (Å²) in [4.78, 5) is 15.3. The van der Waals surface area contributed by atoms with Gasteiger partial charge in [-0.15, -0.1) is 0 Å². The number of nitrogens with zero attached hydrogens (tertiary/aromatic N) is 3. The van der Waals surface area contributed by atoms with Crippen molar-refractivity contribution in [1.82, 2.24) is 15.0 Å². The van der Waals surface area contributed by atoms with Crippen LogP contribution < -0.4 is 0 Å². The molecule has 0 amide bonds. The SMILES string of the molecule is c1ccc(-c2ccc(-c3nc(-c4ccccc4)nc(-c4ccc(-c5cccc6oc7cc8ccccc8cc7c56)c5oc6ccccc6c45)n3)cc2)cc1. The monoisotopic (exact) mass is 691 g/mol. The molecular weight excluding hydrogens is 663 g/mol. The predicted molar refractivity (Wildman–Crippen MR) is 219 cm³/mol. The van der Waals surface area contributed by atoms with Gasteiger partial charge in [-0.2, -0.15) is 0 Å². The van der Waals surface area contributed by atoms with Gasteiger partial charge in [0.2, 0.25) is 0 Å². The molecule has 11 rings (SSSR count). The summed E-state index contributed by atoms with van der Waals surface area (Å²) in [6, 6.07) is 60.3. The minimum absolute atomic E-state index is 0.576. The molecule has 3 heterocycles. The molecule has 0 saturated heterocycles. The Bertz CT molecular complexity index is 3200. The Hall–Kier alpha value is -7.37. The fourth-order valence-electron chi connectivity index (χ4n) is 7.75. The number of hydrogen-bond donors (Lipinski definition) is 0. The fraction of sp³-hybridized carbons (Fsp3) is 0. The van der Waals surface area contributed by atoms with E-state index in [0.29, 0.717) is 17.5 Å². The second kappa shape index (κ2) is 12.1. The topological polar surface area (TPSA) is 65.0 Å². The van der Waals surface area contributed by atoms with E-state index in [2.05, 4.69) is 115 Å². The third-order valence-corrected chi connectivity index (χ3v) is 10.3. The Morgan fingerprint density at radius 2 is 0.889 bits per heavy atom. The third-order valence-electron chi connectivity index (χ3n) is 10.3. The molecule has 54 heavy (non-hydrogen) atoms. The lowest BCUT2D eigenvalue weighted by molar-refractivity contribution is 0.669. The van der Waals surface area contributed by atoms with Crippen molar-refractivity contribution in [3.63, 3.8) is 0 Å². The van der Waals surface area contributed by atoms with Crippen LogP contribution in [0.25, 0.3) is 111 Å². The van der Waals surface area contributed by atoms with Gasteiger partial charge in [-0.3, -0.25) is 0 Å². The highest BCUT2D eigenvalue weighted by atomic mass is 16.3. The average Bonchev–Trinajstić information content (AvgIpc) is 3.82. The van der Waals surface area contributed by atoms with Gasteiger partial charge in [0, 0.05) is 43.8 Å². The van der Waals surface area contributed by atoms with Gasteiger partial charge in [0.15, 0.2) is 17.5 Å². The van der Waals surface area contributed by atoms with E-state index in [1.807, 2.05) is 60.7 Å². The van der Waals surface area contributed by atoms with Crippen LogP contribution in [-0.2, 0) is 0 Å². The highest BCUT2D eigenvalue weighted by Gasteiger charge is 2.23. The van der Waals surface area contributed by atoms with Crippen molar-refractivity contribution in [3.05, 3.63) is 176 Å². The van der Waals surface area contributed by atoms with E-state index in [-0.39, 0.29) is 0 Å². The molecule has 8 aromatic carbocycles. The van der Waals surface area contributed by atoms with Crippen LogP contribution in [0.15, 0.2) is 185 Å². The minimum atomic E-state index is 0.576. The summed E-state index contributed by atoms with van der Waals surface area (Å²) in [6.07, 6.45) is 0. The molecule has 0 aliphatic rings. The lowest BCUT2D eigenvalue weighted by Crippen LogP contribution is -2.00. The first-order valence-electron chi connectivity index (χ1n) is 18.0. The Morgan fingerprint density at radius 1 is 0.315 bits per heavy atom. The Morgan fingerprint density at radius 3 is 1.67 bits per heavy atom. The van der Waals surface area contributed by atoms with E-state index in [1.54, 1.807) is 0 Å². The Labute approximate surface area is 309 Å². The van der Waals surface area contributed by atoms with E-state index in [0.717, 1.165) is 88.2 Å². The zero-order chi connectivity index (χ0) is 35.6. The second-order valence-electron chi connectivity index (χ2n) is 13.6. The highest BCUT2D eigenvalue weighted by Crippen LogP contribution is 2.45. The van der Waals surface area contributed by atoms with Gasteiger partial charge in [0.05, 0.1) is 0 Å². The van der Waals surface area contributed by atoms with Gasteiger partial charge in [-0.05, 0) is 63.9 Å². The maximum atomic E-state index is 6.79. The van der Waals surface area contributed by atoms with Crippen LogP contribution >= 0.6 is 0 Å². The second-order valence-corrected chi connectivity index (χ2v) is 13.6. The van der Waals surface area contributed by atoms with E-state index >= 15 is 0 Å². The predicted octanol–water partition coefficient (Wildman–Crippen LogP) is 13.2. The van der Waals surface area contributed by atoms with Crippen molar-refractivity contribution >= 4 is 54.6 Å². The van der Waals surface area contributed by atoms with Crippen molar-refractivity contribution in [1.29, 1.82) is 0 Å². The molecule has 0 bridgehead atoms. The molecule has 0 atom stereocenters. The zero-order valence-corrected chi connectivity index (χ0v) is 28.9.